The Kier molecular flexibility index (Phi) is 4.23. The summed E-state index contributed by atoms with van der Waals surface area (Å²) in [4.78, 5) is 0. The highest BCUT2D eigenvalue weighted by molar-refractivity contribution is 6.32. The molecule has 0 aromatic heterocycles. The van der Waals surface area contributed by atoms with Crippen LogP contribution in [0.2, 0.25) is 5.02 Å². The number of hydrogen-bond acceptors (Lipinski definition) is 3. The first-order valence-electron chi connectivity index (χ1n) is 5.94. The number of nitriles is 1. The zero-order valence-corrected chi connectivity index (χ0v) is 11.5. The molecule has 20 heavy (non-hydrogen) atoms. The molecule has 0 aliphatic carbocycles. The van der Waals surface area contributed by atoms with E-state index in [0.29, 0.717) is 10.8 Å². The average molecular weight is 291 g/mol. The summed E-state index contributed by atoms with van der Waals surface area (Å²) in [5.74, 6) is -0.158. The Morgan fingerprint density at radius 1 is 1.30 bits per heavy atom. The molecule has 2 aromatic carbocycles. The van der Waals surface area contributed by atoms with E-state index in [-0.39, 0.29) is 17.4 Å². The van der Waals surface area contributed by atoms with E-state index < -0.39 is 5.82 Å². The van der Waals surface area contributed by atoms with Gasteiger partial charge in [0, 0.05) is 6.04 Å². The molecule has 2 N–H and O–H groups in total. The third kappa shape index (κ3) is 2.90. The largest absolute Gasteiger partial charge is 0.454 e. The smallest absolute Gasteiger partial charge is 0.148 e. The van der Waals surface area contributed by atoms with Gasteiger partial charge in [0.05, 0.1) is 5.02 Å². The van der Waals surface area contributed by atoms with E-state index in [9.17, 15) is 4.39 Å². The molecule has 1 atom stereocenters. The van der Waals surface area contributed by atoms with E-state index in [4.69, 9.17) is 27.3 Å². The molecule has 0 unspecified atom stereocenters. The van der Waals surface area contributed by atoms with Gasteiger partial charge in [-0.3, -0.25) is 0 Å². The Labute approximate surface area is 121 Å². The molecule has 5 heteroatoms. The summed E-state index contributed by atoms with van der Waals surface area (Å²) in [6.45, 7) is 1.84. The molecule has 0 heterocycles. The van der Waals surface area contributed by atoms with Crippen molar-refractivity contribution in [3.63, 3.8) is 0 Å². The number of nitrogens with zero attached hydrogens (tertiary/aromatic N) is 1. The number of halogens is 2. The van der Waals surface area contributed by atoms with Gasteiger partial charge < -0.3 is 10.5 Å². The number of nitrogens with two attached hydrogens (primary N) is 1. The van der Waals surface area contributed by atoms with Crippen molar-refractivity contribution in [1.29, 1.82) is 5.26 Å². The fraction of sp³-hybridized carbons (Fsp3) is 0.133. The van der Waals surface area contributed by atoms with Crippen LogP contribution < -0.4 is 10.5 Å². The molecule has 0 saturated heterocycles. The first-order valence-corrected chi connectivity index (χ1v) is 6.32. The minimum absolute atomic E-state index is 0.128. The zero-order chi connectivity index (χ0) is 14.7. The Hall–Kier alpha value is -2.09. The fourth-order valence-electron chi connectivity index (χ4n) is 1.70. The summed E-state index contributed by atoms with van der Waals surface area (Å²) in [5.41, 5.74) is 6.47. The molecule has 0 amide bonds. The van der Waals surface area contributed by atoms with Crippen LogP contribution in [0.25, 0.3) is 0 Å². The maximum atomic E-state index is 13.5. The van der Waals surface area contributed by atoms with Crippen molar-refractivity contribution in [3.8, 4) is 17.6 Å². The van der Waals surface area contributed by atoms with E-state index in [1.807, 2.05) is 6.92 Å². The molecule has 2 aromatic rings. The highest BCUT2D eigenvalue weighted by Gasteiger charge is 2.12. The van der Waals surface area contributed by atoms with Crippen molar-refractivity contribution >= 4 is 11.6 Å². The monoisotopic (exact) mass is 290 g/mol. The molecule has 0 aliphatic rings. The quantitative estimate of drug-likeness (QED) is 0.923. The van der Waals surface area contributed by atoms with Crippen molar-refractivity contribution in [1.82, 2.24) is 0 Å². The fourth-order valence-corrected chi connectivity index (χ4v) is 1.93. The Morgan fingerprint density at radius 2 is 2.05 bits per heavy atom. The normalized spacial score (nSPS) is 11.8. The molecule has 0 saturated carbocycles. The number of ether oxygens (including phenoxy) is 1. The predicted molar refractivity (Wildman–Crippen MR) is 75.2 cm³/mol. The van der Waals surface area contributed by atoms with Crippen molar-refractivity contribution in [3.05, 3.63) is 58.4 Å². The predicted octanol–water partition coefficient (Wildman–Crippen LogP) is 4.16. The molecule has 2 rings (SSSR count). The second kappa shape index (κ2) is 5.91. The van der Waals surface area contributed by atoms with E-state index in [1.165, 1.54) is 18.2 Å². The van der Waals surface area contributed by atoms with Gasteiger partial charge >= 0.3 is 0 Å². The Bertz CT molecular complexity index is 680. The summed E-state index contributed by atoms with van der Waals surface area (Å²) in [6.07, 6.45) is 0. The van der Waals surface area contributed by atoms with Crippen LogP contribution in [0.15, 0.2) is 36.4 Å². The average Bonchev–Trinajstić information content (AvgIpc) is 2.41. The molecule has 0 bridgehead atoms. The van der Waals surface area contributed by atoms with Gasteiger partial charge in [-0.2, -0.15) is 5.26 Å². The summed E-state index contributed by atoms with van der Waals surface area (Å²) in [7, 11) is 0. The lowest BCUT2D eigenvalue weighted by atomic mass is 10.1. The first kappa shape index (κ1) is 14.3. The van der Waals surface area contributed by atoms with Crippen LogP contribution in [0.3, 0.4) is 0 Å². The second-order valence-corrected chi connectivity index (χ2v) is 4.71. The van der Waals surface area contributed by atoms with Gasteiger partial charge in [-0.25, -0.2) is 4.39 Å². The highest BCUT2D eigenvalue weighted by atomic mass is 35.5. The standard InChI is InChI=1S/C15H12ClFN2O/c1-9(19)10-5-6-15(12(16)7-10)20-14-4-2-3-13(17)11(14)8-18/h2-7,9H,19H2,1H3/t9-/m1/s1. The molecular formula is C15H12ClFN2O. The molecule has 3 nitrogen and oxygen atoms in total. The Morgan fingerprint density at radius 3 is 2.65 bits per heavy atom. The van der Waals surface area contributed by atoms with Crippen molar-refractivity contribution in [2.24, 2.45) is 5.73 Å². The van der Waals surface area contributed by atoms with Crippen LogP contribution >= 0.6 is 11.6 Å². The minimum Gasteiger partial charge on any atom is -0.454 e. The molecule has 0 spiro atoms. The zero-order valence-electron chi connectivity index (χ0n) is 10.7. The molecule has 102 valence electrons. The molecule has 0 fully saturated rings. The molecular weight excluding hydrogens is 279 g/mol. The van der Waals surface area contributed by atoms with E-state index >= 15 is 0 Å². The lowest BCUT2D eigenvalue weighted by Gasteiger charge is -2.12. The number of rotatable bonds is 3. The third-order valence-corrected chi connectivity index (χ3v) is 3.08. The Balaban J connectivity index is 2.36. The maximum absolute atomic E-state index is 13.5. The lowest BCUT2D eigenvalue weighted by Crippen LogP contribution is -2.04. The van der Waals surface area contributed by atoms with E-state index in [0.717, 1.165) is 5.56 Å². The first-order chi connectivity index (χ1) is 9.52. The van der Waals surface area contributed by atoms with Gasteiger partial charge in [0.15, 0.2) is 0 Å². The highest BCUT2D eigenvalue weighted by Crippen LogP contribution is 2.33. The number of hydrogen-bond donors (Lipinski definition) is 1. The topological polar surface area (TPSA) is 59.0 Å². The van der Waals surface area contributed by atoms with Crippen molar-refractivity contribution in [2.75, 3.05) is 0 Å². The van der Waals surface area contributed by atoms with E-state index in [1.54, 1.807) is 24.3 Å². The summed E-state index contributed by atoms with van der Waals surface area (Å²) >= 11 is 6.10. The summed E-state index contributed by atoms with van der Waals surface area (Å²) in [6, 6.07) is 10.9. The van der Waals surface area contributed by atoms with Crippen LogP contribution in [-0.4, -0.2) is 0 Å². The van der Waals surface area contributed by atoms with Crippen LogP contribution in [0.4, 0.5) is 4.39 Å². The van der Waals surface area contributed by atoms with Gasteiger partial charge in [0.25, 0.3) is 0 Å². The van der Waals surface area contributed by atoms with Gasteiger partial charge in [-0.1, -0.05) is 23.7 Å². The van der Waals surface area contributed by atoms with Crippen LogP contribution in [0.1, 0.15) is 24.1 Å². The number of benzene rings is 2. The van der Waals surface area contributed by atoms with Gasteiger partial charge in [-0.05, 0) is 36.8 Å². The van der Waals surface area contributed by atoms with E-state index in [2.05, 4.69) is 0 Å². The third-order valence-electron chi connectivity index (χ3n) is 2.79. The summed E-state index contributed by atoms with van der Waals surface area (Å²) < 4.78 is 19.0. The molecule has 0 aliphatic heterocycles. The van der Waals surface area contributed by atoms with Crippen molar-refractivity contribution < 1.29 is 9.13 Å². The van der Waals surface area contributed by atoms with Gasteiger partial charge in [0.2, 0.25) is 0 Å². The summed E-state index contributed by atoms with van der Waals surface area (Å²) in [5, 5.41) is 9.30. The lowest BCUT2D eigenvalue weighted by molar-refractivity contribution is 0.474. The maximum Gasteiger partial charge on any atom is 0.148 e. The SMILES string of the molecule is C[C@@H](N)c1ccc(Oc2cccc(F)c2C#N)c(Cl)c1. The van der Waals surface area contributed by atoms with Crippen LogP contribution in [0.5, 0.6) is 11.5 Å². The van der Waals surface area contributed by atoms with Gasteiger partial charge in [-0.15, -0.1) is 0 Å². The minimum atomic E-state index is -0.631. The van der Waals surface area contributed by atoms with Crippen LogP contribution in [-0.2, 0) is 0 Å². The van der Waals surface area contributed by atoms with Gasteiger partial charge in [0.1, 0.15) is 28.9 Å². The van der Waals surface area contributed by atoms with Crippen molar-refractivity contribution in [2.45, 2.75) is 13.0 Å². The van der Waals surface area contributed by atoms with Crippen LogP contribution in [0, 0.1) is 17.1 Å². The molecule has 0 radical (unpaired) electrons. The second-order valence-electron chi connectivity index (χ2n) is 4.31.